The van der Waals surface area contributed by atoms with Crippen molar-refractivity contribution in [2.24, 2.45) is 0 Å². The molecule has 21 heavy (non-hydrogen) atoms. The van der Waals surface area contributed by atoms with E-state index in [1.165, 1.54) is 0 Å². The van der Waals surface area contributed by atoms with Crippen LogP contribution >= 0.6 is 15.9 Å². The Morgan fingerprint density at radius 1 is 1.48 bits per heavy atom. The number of carbonyl (C=O) groups excluding carboxylic acids is 1. The third-order valence-corrected chi connectivity index (χ3v) is 5.35. The summed E-state index contributed by atoms with van der Waals surface area (Å²) < 4.78 is 12.7. The third-order valence-electron chi connectivity index (χ3n) is 2.84. The highest BCUT2D eigenvalue weighted by molar-refractivity contribution is 9.10. The molecule has 0 saturated carbocycles. The Hall–Kier alpha value is -1.10. The van der Waals surface area contributed by atoms with Crippen LogP contribution < -0.4 is 0 Å². The largest absolute Gasteiger partial charge is 0.462 e. The van der Waals surface area contributed by atoms with E-state index in [4.69, 9.17) is 9.47 Å². The number of nitrogens with zero attached hydrogens (tertiary/aromatic N) is 2. The summed E-state index contributed by atoms with van der Waals surface area (Å²) in [5.74, 6) is -0.443. The number of ether oxygens (including phenoxy) is 2. The molecule has 0 spiro atoms. The number of hydrogen-bond donors (Lipinski definition) is 0. The van der Waals surface area contributed by atoms with E-state index in [1.807, 2.05) is 0 Å². The molecular formula is C14H21BrN2O3Si. The Balaban J connectivity index is 2.77. The summed E-state index contributed by atoms with van der Waals surface area (Å²) >= 11 is 3.28. The highest BCUT2D eigenvalue weighted by Crippen LogP contribution is 2.24. The molecule has 0 aromatic carbocycles. The van der Waals surface area contributed by atoms with Gasteiger partial charge < -0.3 is 14.0 Å². The molecule has 0 fully saturated rings. The molecule has 7 heteroatoms. The first-order valence-electron chi connectivity index (χ1n) is 6.83. The van der Waals surface area contributed by atoms with Crippen LogP contribution in [0.3, 0.4) is 0 Å². The number of rotatable bonds is 7. The van der Waals surface area contributed by atoms with Gasteiger partial charge in [-0.05, 0) is 28.9 Å². The van der Waals surface area contributed by atoms with Crippen LogP contribution in [-0.2, 0) is 16.2 Å². The second-order valence-corrected chi connectivity index (χ2v) is 12.3. The van der Waals surface area contributed by atoms with Crippen molar-refractivity contribution in [3.05, 3.63) is 21.9 Å². The standard InChI is InChI=1S/C14H21BrN2O3Si/c1-5-20-14(18)11-9-17(12(8-16)13(11)15)10-19-6-7-21(2,3)4/h9H,5-7,10H2,1-4H3. The van der Waals surface area contributed by atoms with Gasteiger partial charge in [-0.2, -0.15) is 5.26 Å². The van der Waals surface area contributed by atoms with Gasteiger partial charge in [0, 0.05) is 20.9 Å². The molecule has 0 N–H and O–H groups in total. The van der Waals surface area contributed by atoms with Crippen LogP contribution in [0.1, 0.15) is 23.0 Å². The monoisotopic (exact) mass is 372 g/mol. The van der Waals surface area contributed by atoms with Gasteiger partial charge in [0.25, 0.3) is 0 Å². The normalized spacial score (nSPS) is 11.2. The van der Waals surface area contributed by atoms with E-state index in [9.17, 15) is 10.1 Å². The summed E-state index contributed by atoms with van der Waals surface area (Å²) in [6.07, 6.45) is 1.59. The lowest BCUT2D eigenvalue weighted by molar-refractivity contribution is 0.0524. The van der Waals surface area contributed by atoms with Gasteiger partial charge in [-0.25, -0.2) is 4.79 Å². The summed E-state index contributed by atoms with van der Waals surface area (Å²) in [7, 11) is -1.13. The quantitative estimate of drug-likeness (QED) is 0.416. The molecular weight excluding hydrogens is 352 g/mol. The van der Waals surface area contributed by atoms with Gasteiger partial charge in [0.05, 0.1) is 16.6 Å². The van der Waals surface area contributed by atoms with Crippen molar-refractivity contribution >= 4 is 30.0 Å². The van der Waals surface area contributed by atoms with Crippen LogP contribution in [0.2, 0.25) is 25.7 Å². The Bertz CT molecular complexity index is 544. The van der Waals surface area contributed by atoms with Crippen LogP contribution in [0, 0.1) is 11.3 Å². The Morgan fingerprint density at radius 3 is 2.67 bits per heavy atom. The predicted molar refractivity (Wildman–Crippen MR) is 86.9 cm³/mol. The highest BCUT2D eigenvalue weighted by atomic mass is 79.9. The molecule has 0 saturated heterocycles. The SMILES string of the molecule is CCOC(=O)c1cn(COCC[Si](C)(C)C)c(C#N)c1Br. The van der Waals surface area contributed by atoms with E-state index in [1.54, 1.807) is 17.7 Å². The van der Waals surface area contributed by atoms with E-state index in [2.05, 4.69) is 41.6 Å². The van der Waals surface area contributed by atoms with Crippen LogP contribution in [-0.4, -0.2) is 31.8 Å². The van der Waals surface area contributed by atoms with Crippen LogP contribution in [0.25, 0.3) is 0 Å². The Kier molecular flexibility index (Phi) is 6.65. The minimum atomic E-state index is -1.13. The van der Waals surface area contributed by atoms with Crippen molar-refractivity contribution in [3.63, 3.8) is 0 Å². The van der Waals surface area contributed by atoms with Crippen molar-refractivity contribution in [2.75, 3.05) is 13.2 Å². The van der Waals surface area contributed by atoms with Gasteiger partial charge in [0.2, 0.25) is 0 Å². The van der Waals surface area contributed by atoms with Gasteiger partial charge in [0.15, 0.2) is 0 Å². The van der Waals surface area contributed by atoms with Gasteiger partial charge in [-0.3, -0.25) is 0 Å². The molecule has 1 rings (SSSR count). The number of nitriles is 1. The van der Waals surface area contributed by atoms with E-state index < -0.39 is 14.0 Å². The van der Waals surface area contributed by atoms with Crippen molar-refractivity contribution < 1.29 is 14.3 Å². The molecule has 0 aliphatic carbocycles. The second kappa shape index (κ2) is 7.78. The van der Waals surface area contributed by atoms with Gasteiger partial charge >= 0.3 is 5.97 Å². The zero-order valence-corrected chi connectivity index (χ0v) is 15.5. The topological polar surface area (TPSA) is 64.2 Å². The molecule has 0 aliphatic rings. The lowest BCUT2D eigenvalue weighted by atomic mass is 10.3. The Morgan fingerprint density at radius 2 is 2.14 bits per heavy atom. The summed E-state index contributed by atoms with van der Waals surface area (Å²) in [6.45, 7) is 9.79. The van der Waals surface area contributed by atoms with Crippen LogP contribution in [0.5, 0.6) is 0 Å². The van der Waals surface area contributed by atoms with Gasteiger partial charge in [-0.1, -0.05) is 19.6 Å². The maximum atomic E-state index is 11.8. The average Bonchev–Trinajstić information content (AvgIpc) is 2.70. The number of aromatic nitrogens is 1. The molecule has 0 unspecified atom stereocenters. The first-order chi connectivity index (χ1) is 9.80. The minimum Gasteiger partial charge on any atom is -0.462 e. The second-order valence-electron chi connectivity index (χ2n) is 5.86. The molecule has 0 bridgehead atoms. The molecule has 0 atom stereocenters. The number of carbonyl (C=O) groups is 1. The molecule has 5 nitrogen and oxygen atoms in total. The molecule has 0 radical (unpaired) electrons. The van der Waals surface area contributed by atoms with E-state index in [-0.39, 0.29) is 6.73 Å². The first-order valence-corrected chi connectivity index (χ1v) is 11.3. The van der Waals surface area contributed by atoms with Gasteiger partial charge in [-0.15, -0.1) is 0 Å². The van der Waals surface area contributed by atoms with Gasteiger partial charge in [0.1, 0.15) is 18.5 Å². The fourth-order valence-corrected chi connectivity index (χ4v) is 2.98. The fourth-order valence-electron chi connectivity index (χ4n) is 1.64. The zero-order chi connectivity index (χ0) is 16.0. The highest BCUT2D eigenvalue weighted by Gasteiger charge is 2.20. The zero-order valence-electron chi connectivity index (χ0n) is 12.9. The van der Waals surface area contributed by atoms with Crippen molar-refractivity contribution in [1.82, 2.24) is 4.57 Å². The maximum absolute atomic E-state index is 11.8. The minimum absolute atomic E-state index is 0.255. The molecule has 1 heterocycles. The molecule has 116 valence electrons. The lowest BCUT2D eigenvalue weighted by Crippen LogP contribution is -2.22. The van der Waals surface area contributed by atoms with E-state index in [0.29, 0.717) is 28.9 Å². The van der Waals surface area contributed by atoms with E-state index >= 15 is 0 Å². The maximum Gasteiger partial charge on any atom is 0.340 e. The average molecular weight is 373 g/mol. The first kappa shape index (κ1) is 17.9. The van der Waals surface area contributed by atoms with Crippen LogP contribution in [0.4, 0.5) is 0 Å². The smallest absolute Gasteiger partial charge is 0.340 e. The van der Waals surface area contributed by atoms with Crippen LogP contribution in [0.15, 0.2) is 10.7 Å². The Labute approximate surface area is 135 Å². The third kappa shape index (κ3) is 5.30. The number of esters is 1. The van der Waals surface area contributed by atoms with Crippen molar-refractivity contribution in [1.29, 1.82) is 5.26 Å². The molecule has 1 aromatic heterocycles. The number of hydrogen-bond acceptors (Lipinski definition) is 4. The summed E-state index contributed by atoms with van der Waals surface area (Å²) in [5, 5.41) is 9.21. The lowest BCUT2D eigenvalue weighted by Gasteiger charge is -2.15. The molecule has 0 amide bonds. The summed E-state index contributed by atoms with van der Waals surface area (Å²) in [5.41, 5.74) is 0.716. The molecule has 1 aromatic rings. The fraction of sp³-hybridized carbons (Fsp3) is 0.571. The van der Waals surface area contributed by atoms with Crippen molar-refractivity contribution in [3.8, 4) is 6.07 Å². The van der Waals surface area contributed by atoms with E-state index in [0.717, 1.165) is 6.04 Å². The molecule has 0 aliphatic heterocycles. The number of halogens is 1. The summed E-state index contributed by atoms with van der Waals surface area (Å²) in [6, 6.07) is 3.13. The summed E-state index contributed by atoms with van der Waals surface area (Å²) in [4.78, 5) is 11.8. The predicted octanol–water partition coefficient (Wildman–Crippen LogP) is 3.61. The van der Waals surface area contributed by atoms with Crippen molar-refractivity contribution in [2.45, 2.75) is 39.3 Å².